The lowest BCUT2D eigenvalue weighted by atomic mass is 10.1. The minimum Gasteiger partial charge on any atom is -0.508 e. The van der Waals surface area contributed by atoms with Gasteiger partial charge in [0.2, 0.25) is 0 Å². The number of nitrogens with zero attached hydrogens (tertiary/aromatic N) is 1. The van der Waals surface area contributed by atoms with Crippen LogP contribution in [0.2, 0.25) is 0 Å². The maximum atomic E-state index is 13.0. The van der Waals surface area contributed by atoms with Crippen molar-refractivity contribution in [2.24, 2.45) is 0 Å². The van der Waals surface area contributed by atoms with Crippen molar-refractivity contribution in [2.45, 2.75) is 25.0 Å². The number of phenols is 1. The highest BCUT2D eigenvalue weighted by Gasteiger charge is 2.34. The van der Waals surface area contributed by atoms with Crippen molar-refractivity contribution in [3.63, 3.8) is 0 Å². The SMILES string of the molecule is O=C(c1cccc(O)c1)N(C[C@@H](O)c1ccc(F)cc1)C1CC1. The van der Waals surface area contributed by atoms with E-state index in [9.17, 15) is 19.4 Å². The van der Waals surface area contributed by atoms with E-state index in [2.05, 4.69) is 0 Å². The number of carbonyl (C=O) groups is 1. The van der Waals surface area contributed by atoms with Gasteiger partial charge in [-0.05, 0) is 48.7 Å². The van der Waals surface area contributed by atoms with Crippen LogP contribution < -0.4 is 0 Å². The molecule has 0 saturated heterocycles. The maximum absolute atomic E-state index is 13.0. The van der Waals surface area contributed by atoms with Crippen molar-refractivity contribution in [3.05, 3.63) is 65.5 Å². The summed E-state index contributed by atoms with van der Waals surface area (Å²) in [4.78, 5) is 14.3. The molecule has 3 rings (SSSR count). The number of carbonyl (C=O) groups excluding carboxylic acids is 1. The van der Waals surface area contributed by atoms with Crippen LogP contribution in [0.4, 0.5) is 4.39 Å². The van der Waals surface area contributed by atoms with Crippen LogP contribution in [0.3, 0.4) is 0 Å². The Morgan fingerprint density at radius 3 is 2.52 bits per heavy atom. The molecule has 2 aromatic carbocycles. The van der Waals surface area contributed by atoms with E-state index in [0.717, 1.165) is 12.8 Å². The lowest BCUT2D eigenvalue weighted by Gasteiger charge is -2.25. The summed E-state index contributed by atoms with van der Waals surface area (Å²) in [6.45, 7) is 0.144. The molecule has 0 aliphatic heterocycles. The Balaban J connectivity index is 1.76. The predicted molar refractivity (Wildman–Crippen MR) is 83.5 cm³/mol. The van der Waals surface area contributed by atoms with Gasteiger partial charge in [-0.1, -0.05) is 18.2 Å². The van der Waals surface area contributed by atoms with Crippen LogP contribution in [-0.2, 0) is 0 Å². The molecule has 0 aromatic heterocycles. The molecule has 4 nitrogen and oxygen atoms in total. The van der Waals surface area contributed by atoms with E-state index in [1.165, 1.54) is 36.4 Å². The van der Waals surface area contributed by atoms with E-state index < -0.39 is 6.10 Å². The van der Waals surface area contributed by atoms with Gasteiger partial charge in [0.05, 0.1) is 12.6 Å². The third kappa shape index (κ3) is 3.68. The molecule has 5 heteroatoms. The summed E-state index contributed by atoms with van der Waals surface area (Å²) >= 11 is 0. The number of halogens is 1. The first kappa shape index (κ1) is 15.5. The summed E-state index contributed by atoms with van der Waals surface area (Å²) in [6.07, 6.45) is 0.930. The van der Waals surface area contributed by atoms with Gasteiger partial charge in [-0.2, -0.15) is 0 Å². The van der Waals surface area contributed by atoms with Gasteiger partial charge in [-0.25, -0.2) is 4.39 Å². The molecule has 0 radical (unpaired) electrons. The molecular weight excluding hydrogens is 297 g/mol. The molecule has 0 bridgehead atoms. The molecule has 2 N–H and O–H groups in total. The number of aromatic hydroxyl groups is 1. The molecule has 0 spiro atoms. The van der Waals surface area contributed by atoms with E-state index in [-0.39, 0.29) is 30.1 Å². The van der Waals surface area contributed by atoms with E-state index >= 15 is 0 Å². The number of amides is 1. The predicted octanol–water partition coefficient (Wildman–Crippen LogP) is 2.87. The van der Waals surface area contributed by atoms with Crippen LogP contribution in [0.25, 0.3) is 0 Å². The second-order valence-corrected chi connectivity index (χ2v) is 5.81. The van der Waals surface area contributed by atoms with E-state index in [4.69, 9.17) is 0 Å². The van der Waals surface area contributed by atoms with Gasteiger partial charge in [-0.3, -0.25) is 4.79 Å². The Bertz CT molecular complexity index is 698. The zero-order chi connectivity index (χ0) is 16.4. The molecule has 1 fully saturated rings. The zero-order valence-electron chi connectivity index (χ0n) is 12.5. The summed E-state index contributed by atoms with van der Waals surface area (Å²) in [5.74, 6) is -0.550. The molecular formula is C18H18FNO3. The largest absolute Gasteiger partial charge is 0.508 e. The summed E-state index contributed by atoms with van der Waals surface area (Å²) in [5, 5.41) is 19.9. The molecule has 1 amide bonds. The summed E-state index contributed by atoms with van der Waals surface area (Å²) in [7, 11) is 0. The van der Waals surface area contributed by atoms with Gasteiger partial charge in [0.25, 0.3) is 5.91 Å². The van der Waals surface area contributed by atoms with Crippen molar-refractivity contribution in [1.29, 1.82) is 0 Å². The molecule has 23 heavy (non-hydrogen) atoms. The summed E-state index contributed by atoms with van der Waals surface area (Å²) in [5.41, 5.74) is 0.962. The number of phenolic OH excluding ortho intramolecular Hbond substituents is 1. The smallest absolute Gasteiger partial charge is 0.254 e. The van der Waals surface area contributed by atoms with Crippen LogP contribution >= 0.6 is 0 Å². The minimum absolute atomic E-state index is 0.0330. The zero-order valence-corrected chi connectivity index (χ0v) is 12.5. The third-order valence-electron chi connectivity index (χ3n) is 3.97. The minimum atomic E-state index is -0.877. The molecule has 2 aromatic rings. The topological polar surface area (TPSA) is 60.8 Å². The number of hydrogen-bond acceptors (Lipinski definition) is 3. The molecule has 1 atom stereocenters. The van der Waals surface area contributed by atoms with Crippen LogP contribution in [0.1, 0.15) is 34.9 Å². The second-order valence-electron chi connectivity index (χ2n) is 5.81. The quantitative estimate of drug-likeness (QED) is 0.892. The van der Waals surface area contributed by atoms with Crippen molar-refractivity contribution in [2.75, 3.05) is 6.54 Å². The maximum Gasteiger partial charge on any atom is 0.254 e. The first-order chi connectivity index (χ1) is 11.0. The molecule has 1 aliphatic rings. The van der Waals surface area contributed by atoms with Crippen LogP contribution in [0.15, 0.2) is 48.5 Å². The van der Waals surface area contributed by atoms with Gasteiger partial charge in [0, 0.05) is 11.6 Å². The Kier molecular flexibility index (Phi) is 4.30. The fourth-order valence-corrected chi connectivity index (χ4v) is 2.57. The lowest BCUT2D eigenvalue weighted by Crippen LogP contribution is -2.36. The number of aliphatic hydroxyl groups excluding tert-OH is 1. The van der Waals surface area contributed by atoms with Crippen molar-refractivity contribution in [1.82, 2.24) is 4.90 Å². The lowest BCUT2D eigenvalue weighted by molar-refractivity contribution is 0.0602. The van der Waals surface area contributed by atoms with Crippen LogP contribution in [-0.4, -0.2) is 33.6 Å². The Labute approximate surface area is 133 Å². The highest BCUT2D eigenvalue weighted by molar-refractivity contribution is 5.95. The Morgan fingerprint density at radius 1 is 1.22 bits per heavy atom. The fraction of sp³-hybridized carbons (Fsp3) is 0.278. The van der Waals surface area contributed by atoms with Crippen molar-refractivity contribution >= 4 is 5.91 Å². The van der Waals surface area contributed by atoms with Crippen molar-refractivity contribution < 1.29 is 19.4 Å². The van der Waals surface area contributed by atoms with Crippen molar-refractivity contribution in [3.8, 4) is 5.75 Å². The van der Waals surface area contributed by atoms with E-state index in [1.54, 1.807) is 17.0 Å². The third-order valence-corrected chi connectivity index (χ3v) is 3.97. The Morgan fingerprint density at radius 2 is 1.91 bits per heavy atom. The molecule has 0 unspecified atom stereocenters. The van der Waals surface area contributed by atoms with Gasteiger partial charge in [0.15, 0.2) is 0 Å². The highest BCUT2D eigenvalue weighted by Crippen LogP contribution is 2.30. The van der Waals surface area contributed by atoms with Crippen LogP contribution in [0.5, 0.6) is 5.75 Å². The highest BCUT2D eigenvalue weighted by atomic mass is 19.1. The van der Waals surface area contributed by atoms with Gasteiger partial charge >= 0.3 is 0 Å². The monoisotopic (exact) mass is 315 g/mol. The van der Waals surface area contributed by atoms with Gasteiger partial charge in [0.1, 0.15) is 11.6 Å². The summed E-state index contributed by atoms with van der Waals surface area (Å²) in [6, 6.07) is 11.9. The number of hydrogen-bond donors (Lipinski definition) is 2. The number of aliphatic hydroxyl groups is 1. The van der Waals surface area contributed by atoms with Crippen LogP contribution in [0, 0.1) is 5.82 Å². The van der Waals surface area contributed by atoms with Gasteiger partial charge < -0.3 is 15.1 Å². The van der Waals surface area contributed by atoms with E-state index in [0.29, 0.717) is 11.1 Å². The van der Waals surface area contributed by atoms with Gasteiger partial charge in [-0.15, -0.1) is 0 Å². The number of rotatable bonds is 5. The fourth-order valence-electron chi connectivity index (χ4n) is 2.57. The second kappa shape index (κ2) is 6.38. The average Bonchev–Trinajstić information content (AvgIpc) is 3.37. The first-order valence-electron chi connectivity index (χ1n) is 7.58. The molecule has 120 valence electrons. The standard InChI is InChI=1S/C18H18FNO3/c19-14-6-4-12(5-7-14)17(22)11-20(15-8-9-15)18(23)13-2-1-3-16(21)10-13/h1-7,10,15,17,21-22H,8-9,11H2/t17-/m1/s1. The average molecular weight is 315 g/mol. The number of benzene rings is 2. The normalized spacial score (nSPS) is 15.2. The first-order valence-corrected chi connectivity index (χ1v) is 7.58. The molecule has 1 saturated carbocycles. The molecule has 1 aliphatic carbocycles. The summed E-state index contributed by atoms with van der Waals surface area (Å²) < 4.78 is 13.0. The van der Waals surface area contributed by atoms with E-state index in [1.807, 2.05) is 0 Å². The Hall–Kier alpha value is -2.40. The molecule has 0 heterocycles.